The molecule has 0 saturated carbocycles. The zero-order chi connectivity index (χ0) is 20.6. The minimum atomic E-state index is -3.40. The minimum Gasteiger partial charge on any atom is -0.356 e. The molecule has 5 nitrogen and oxygen atoms in total. The van der Waals surface area contributed by atoms with Crippen molar-refractivity contribution in [2.45, 2.75) is 58.1 Å². The van der Waals surface area contributed by atoms with Gasteiger partial charge in [0.2, 0.25) is 15.9 Å². The highest BCUT2D eigenvalue weighted by atomic mass is 35.5. The van der Waals surface area contributed by atoms with Crippen molar-refractivity contribution in [3.63, 3.8) is 0 Å². The van der Waals surface area contributed by atoms with Gasteiger partial charge in [-0.3, -0.25) is 4.79 Å². The number of piperidine rings is 1. The molecule has 28 heavy (non-hydrogen) atoms. The van der Waals surface area contributed by atoms with Crippen LogP contribution in [-0.2, 0) is 20.6 Å². The quantitative estimate of drug-likeness (QED) is 0.606. The molecule has 0 aromatic heterocycles. The van der Waals surface area contributed by atoms with Gasteiger partial charge in [-0.1, -0.05) is 56.8 Å². The second-order valence-corrected chi connectivity index (χ2v) is 10.1. The van der Waals surface area contributed by atoms with Crippen LogP contribution < -0.4 is 5.32 Å². The number of amides is 1. The molecule has 1 atom stereocenters. The molecule has 0 radical (unpaired) electrons. The maximum atomic E-state index is 12.7. The molecule has 0 spiro atoms. The Labute approximate surface area is 174 Å². The van der Waals surface area contributed by atoms with Gasteiger partial charge in [-0.25, -0.2) is 12.7 Å². The van der Waals surface area contributed by atoms with Gasteiger partial charge < -0.3 is 5.32 Å². The first-order valence-electron chi connectivity index (χ1n) is 10.4. The smallest absolute Gasteiger partial charge is 0.223 e. The number of hydrogen-bond acceptors (Lipinski definition) is 3. The summed E-state index contributed by atoms with van der Waals surface area (Å²) in [4.78, 5) is 12.5. The number of halogens is 1. The van der Waals surface area contributed by atoms with Crippen LogP contribution in [0.2, 0.25) is 5.02 Å². The van der Waals surface area contributed by atoms with E-state index < -0.39 is 10.0 Å². The number of unbranched alkanes of at least 4 members (excludes halogenated alkanes) is 1. The summed E-state index contributed by atoms with van der Waals surface area (Å²) in [6.45, 7) is 5.86. The summed E-state index contributed by atoms with van der Waals surface area (Å²) in [6.07, 6.45) is 5.73. The number of benzene rings is 1. The Kier molecular flexibility index (Phi) is 9.25. The first-order valence-corrected chi connectivity index (χ1v) is 12.3. The standard InChI is InChI=1S/C21H33ClN2O3S/c1-3-5-7-17(4-2)15-23-21(25)19-10-12-24(13-11-19)28(26,27)16-18-8-6-9-20(22)14-18/h6,8-9,14,17,19H,3-5,7,10-13,15-16H2,1-2H3,(H,23,25). The number of carbonyl (C=O) groups excluding carboxylic acids is 1. The van der Waals surface area contributed by atoms with E-state index in [9.17, 15) is 13.2 Å². The van der Waals surface area contributed by atoms with Crippen molar-refractivity contribution in [3.8, 4) is 0 Å². The fourth-order valence-electron chi connectivity index (χ4n) is 3.66. The van der Waals surface area contributed by atoms with Gasteiger partial charge in [0.05, 0.1) is 5.75 Å². The van der Waals surface area contributed by atoms with Gasteiger partial charge >= 0.3 is 0 Å². The largest absolute Gasteiger partial charge is 0.356 e. The molecular weight excluding hydrogens is 396 g/mol. The van der Waals surface area contributed by atoms with Crippen molar-refractivity contribution >= 4 is 27.5 Å². The van der Waals surface area contributed by atoms with Gasteiger partial charge in [-0.15, -0.1) is 0 Å². The van der Waals surface area contributed by atoms with Crippen molar-refractivity contribution in [1.29, 1.82) is 0 Å². The molecular formula is C21H33ClN2O3S. The van der Waals surface area contributed by atoms with Crippen LogP contribution in [0.15, 0.2) is 24.3 Å². The van der Waals surface area contributed by atoms with E-state index in [1.807, 2.05) is 0 Å². The molecule has 1 amide bonds. The maximum Gasteiger partial charge on any atom is 0.223 e. The lowest BCUT2D eigenvalue weighted by molar-refractivity contribution is -0.126. The summed E-state index contributed by atoms with van der Waals surface area (Å²) in [5, 5.41) is 3.62. The lowest BCUT2D eigenvalue weighted by atomic mass is 9.95. The number of rotatable bonds is 10. The zero-order valence-corrected chi connectivity index (χ0v) is 18.6. The molecule has 1 saturated heterocycles. The summed E-state index contributed by atoms with van der Waals surface area (Å²) in [5.41, 5.74) is 0.685. The maximum absolute atomic E-state index is 12.7. The van der Waals surface area contributed by atoms with Crippen LogP contribution in [0, 0.1) is 11.8 Å². The number of sulfonamides is 1. The minimum absolute atomic E-state index is 0.0555. The molecule has 1 aromatic rings. The Morgan fingerprint density at radius 2 is 2.00 bits per heavy atom. The Hall–Kier alpha value is -1.11. The number of nitrogens with zero attached hydrogens (tertiary/aromatic N) is 1. The Morgan fingerprint density at radius 3 is 2.61 bits per heavy atom. The highest BCUT2D eigenvalue weighted by molar-refractivity contribution is 7.88. The Balaban J connectivity index is 1.81. The van der Waals surface area contributed by atoms with Crippen molar-refractivity contribution in [2.24, 2.45) is 11.8 Å². The number of hydrogen-bond donors (Lipinski definition) is 1. The third kappa shape index (κ3) is 7.05. The zero-order valence-electron chi connectivity index (χ0n) is 17.0. The van der Waals surface area contributed by atoms with Crippen molar-refractivity contribution in [1.82, 2.24) is 9.62 Å². The summed E-state index contributed by atoms with van der Waals surface area (Å²) in [5.74, 6) is 0.449. The molecule has 0 aliphatic carbocycles. The van der Waals surface area contributed by atoms with Crippen LogP contribution in [0.1, 0.15) is 57.9 Å². The number of carbonyl (C=O) groups is 1. The second kappa shape index (κ2) is 11.2. The predicted molar refractivity (Wildman–Crippen MR) is 115 cm³/mol. The first kappa shape index (κ1) is 23.2. The molecule has 1 aromatic carbocycles. The molecule has 158 valence electrons. The molecule has 7 heteroatoms. The van der Waals surface area contributed by atoms with Gasteiger partial charge in [0.15, 0.2) is 0 Å². The SMILES string of the molecule is CCCCC(CC)CNC(=O)C1CCN(S(=O)(=O)Cc2cccc(Cl)c2)CC1. The summed E-state index contributed by atoms with van der Waals surface area (Å²) >= 11 is 5.95. The normalized spacial score (nSPS) is 17.4. The fraction of sp³-hybridized carbons (Fsp3) is 0.667. The van der Waals surface area contributed by atoms with Crippen molar-refractivity contribution in [3.05, 3.63) is 34.9 Å². The van der Waals surface area contributed by atoms with Gasteiger partial charge in [0.25, 0.3) is 0 Å². The van der Waals surface area contributed by atoms with E-state index in [1.165, 1.54) is 17.1 Å². The first-order chi connectivity index (χ1) is 13.4. The monoisotopic (exact) mass is 428 g/mol. The van der Waals surface area contributed by atoms with Gasteiger partial charge in [0, 0.05) is 30.6 Å². The average molecular weight is 429 g/mol. The summed E-state index contributed by atoms with van der Waals surface area (Å²) in [7, 11) is -3.40. The van der Waals surface area contributed by atoms with Gasteiger partial charge in [-0.2, -0.15) is 0 Å². The Morgan fingerprint density at radius 1 is 1.29 bits per heavy atom. The molecule has 1 fully saturated rings. The third-order valence-corrected chi connectivity index (χ3v) is 7.65. The molecule has 1 aliphatic rings. The van der Waals surface area contributed by atoms with Crippen LogP contribution in [0.25, 0.3) is 0 Å². The van der Waals surface area contributed by atoms with Crippen LogP contribution in [0.3, 0.4) is 0 Å². The fourth-order valence-corrected chi connectivity index (χ4v) is 5.42. The molecule has 1 unspecified atom stereocenters. The topological polar surface area (TPSA) is 66.5 Å². The lowest BCUT2D eigenvalue weighted by Gasteiger charge is -2.31. The Bertz CT molecular complexity index is 731. The predicted octanol–water partition coefficient (Wildman–Crippen LogP) is 4.21. The average Bonchev–Trinajstić information content (AvgIpc) is 2.67. The van der Waals surface area contributed by atoms with E-state index in [2.05, 4.69) is 19.2 Å². The van der Waals surface area contributed by atoms with Crippen molar-refractivity contribution in [2.75, 3.05) is 19.6 Å². The highest BCUT2D eigenvalue weighted by Crippen LogP contribution is 2.23. The van der Waals surface area contributed by atoms with Crippen LogP contribution >= 0.6 is 11.6 Å². The van der Waals surface area contributed by atoms with Crippen LogP contribution in [-0.4, -0.2) is 38.3 Å². The molecule has 1 N–H and O–H groups in total. The molecule has 1 heterocycles. The van der Waals surface area contributed by atoms with Crippen LogP contribution in [0.5, 0.6) is 0 Å². The van der Waals surface area contributed by atoms with Crippen molar-refractivity contribution < 1.29 is 13.2 Å². The molecule has 0 bridgehead atoms. The van der Waals surface area contributed by atoms with Gasteiger partial charge in [-0.05, 0) is 42.9 Å². The third-order valence-electron chi connectivity index (χ3n) is 5.56. The summed E-state index contributed by atoms with van der Waals surface area (Å²) in [6, 6.07) is 6.94. The van der Waals surface area contributed by atoms with Crippen LogP contribution in [0.4, 0.5) is 0 Å². The molecule has 2 rings (SSSR count). The number of nitrogens with one attached hydrogen (secondary N) is 1. The van der Waals surface area contributed by atoms with E-state index in [4.69, 9.17) is 11.6 Å². The van der Waals surface area contributed by atoms with E-state index >= 15 is 0 Å². The highest BCUT2D eigenvalue weighted by Gasteiger charge is 2.31. The van der Waals surface area contributed by atoms with E-state index in [0.717, 1.165) is 19.4 Å². The molecule has 1 aliphatic heterocycles. The second-order valence-electron chi connectivity index (χ2n) is 7.72. The van der Waals surface area contributed by atoms with E-state index in [-0.39, 0.29) is 17.6 Å². The van der Waals surface area contributed by atoms with E-state index in [0.29, 0.717) is 42.4 Å². The van der Waals surface area contributed by atoms with Gasteiger partial charge in [0.1, 0.15) is 0 Å². The lowest BCUT2D eigenvalue weighted by Crippen LogP contribution is -2.44. The van der Waals surface area contributed by atoms with E-state index in [1.54, 1.807) is 24.3 Å². The summed E-state index contributed by atoms with van der Waals surface area (Å²) < 4.78 is 26.9.